The molecule has 0 aliphatic heterocycles. The first kappa shape index (κ1) is 28.1. The first-order valence-electron chi connectivity index (χ1n) is 13.5. The van der Waals surface area contributed by atoms with Crippen molar-refractivity contribution in [2.45, 2.75) is 77.2 Å². The lowest BCUT2D eigenvalue weighted by atomic mass is 10.1. The Kier molecular flexibility index (Phi) is 8.07. The molecule has 0 aromatic carbocycles. The van der Waals surface area contributed by atoms with Crippen LogP contribution in [0, 0.1) is 18.8 Å². The maximum absolute atomic E-state index is 11.6. The van der Waals surface area contributed by atoms with Crippen molar-refractivity contribution < 1.29 is 18.6 Å². The van der Waals surface area contributed by atoms with E-state index in [0.717, 1.165) is 51.3 Å². The molecule has 0 spiro atoms. The Balaban J connectivity index is 1.50. The summed E-state index contributed by atoms with van der Waals surface area (Å²) in [5.41, 5.74) is 3.31. The molecule has 5 rings (SSSR count). The van der Waals surface area contributed by atoms with Gasteiger partial charge in [0.05, 0.1) is 40.1 Å². The van der Waals surface area contributed by atoms with Crippen molar-refractivity contribution in [2.24, 2.45) is 11.8 Å². The number of nitrogens with one attached hydrogen (secondary N) is 3. The van der Waals surface area contributed by atoms with Crippen molar-refractivity contribution in [1.29, 1.82) is 0 Å². The van der Waals surface area contributed by atoms with E-state index in [9.17, 15) is 18.6 Å². The number of aromatic nitrogens is 4. The maximum Gasteiger partial charge on any atom is 0.225 e. The van der Waals surface area contributed by atoms with E-state index < -0.39 is 34.2 Å². The second-order valence-electron chi connectivity index (χ2n) is 10.8. The minimum Gasteiger partial charge on any atom is -0.390 e. The van der Waals surface area contributed by atoms with Gasteiger partial charge in [-0.3, -0.25) is 4.98 Å². The molecule has 0 radical (unpaired) electrons. The molecule has 11 nitrogen and oxygen atoms in total. The van der Waals surface area contributed by atoms with Crippen LogP contribution in [0.5, 0.6) is 0 Å². The first-order chi connectivity index (χ1) is 18.5. The zero-order valence-corrected chi connectivity index (χ0v) is 24.3. The van der Waals surface area contributed by atoms with E-state index in [1.807, 2.05) is 19.2 Å². The Labute approximate surface area is 233 Å². The second kappa shape index (κ2) is 11.2. The molecule has 3 aromatic heterocycles. The van der Waals surface area contributed by atoms with E-state index in [1.54, 1.807) is 11.3 Å². The van der Waals surface area contributed by atoms with Crippen LogP contribution in [0.25, 0.3) is 20.8 Å². The number of nitrogens with zero attached hydrogens (tertiary/aromatic N) is 4. The van der Waals surface area contributed by atoms with Gasteiger partial charge in [0.25, 0.3) is 0 Å². The predicted octanol–water partition coefficient (Wildman–Crippen LogP) is 2.69. The van der Waals surface area contributed by atoms with Crippen molar-refractivity contribution in [3.8, 4) is 10.6 Å². The van der Waals surface area contributed by atoms with Gasteiger partial charge in [0.2, 0.25) is 16.0 Å². The Bertz CT molecular complexity index is 1440. The highest BCUT2D eigenvalue weighted by atomic mass is 32.2. The summed E-state index contributed by atoms with van der Waals surface area (Å²) in [6.45, 7) is 6.21. The van der Waals surface area contributed by atoms with Gasteiger partial charge in [0.15, 0.2) is 0 Å². The predicted molar refractivity (Wildman–Crippen MR) is 153 cm³/mol. The van der Waals surface area contributed by atoms with Gasteiger partial charge >= 0.3 is 0 Å². The molecule has 0 bridgehead atoms. The standard InChI is InChI=1S/C26H37N7O4S2/c1-5-6-17-21-19(9-10-27-17)38-25(32-21)20-14(3)30-26(29-13(2)15-7-8-15)33-24(20)31-18-11-16(22(34)23(18)35)12-28-39(4,36)37/h9-10,13,15-16,18,22-23,28,34-35H,5-8,11-12H2,1-4H3,(H2,29,30,31,33)/t13-,16-,18-,22-,23+/m1/s1. The van der Waals surface area contributed by atoms with Crippen molar-refractivity contribution in [1.82, 2.24) is 24.7 Å². The highest BCUT2D eigenvalue weighted by Gasteiger charge is 2.42. The highest BCUT2D eigenvalue weighted by molar-refractivity contribution is 7.88. The molecule has 39 heavy (non-hydrogen) atoms. The van der Waals surface area contributed by atoms with Crippen LogP contribution in [0.15, 0.2) is 12.3 Å². The largest absolute Gasteiger partial charge is 0.390 e. The Morgan fingerprint density at radius 1 is 1.18 bits per heavy atom. The third-order valence-corrected chi connectivity index (χ3v) is 9.32. The Hall–Kier alpha value is -2.45. The number of pyridine rings is 1. The van der Waals surface area contributed by atoms with Gasteiger partial charge in [0, 0.05) is 24.7 Å². The molecule has 13 heteroatoms. The number of anilines is 2. The number of aryl methyl sites for hydroxylation is 2. The van der Waals surface area contributed by atoms with E-state index >= 15 is 0 Å². The van der Waals surface area contributed by atoms with Crippen LogP contribution in [0.4, 0.5) is 11.8 Å². The fourth-order valence-corrected chi connectivity index (χ4v) is 6.85. The molecule has 0 amide bonds. The average Bonchev–Trinajstić information content (AvgIpc) is 3.58. The van der Waals surface area contributed by atoms with E-state index in [1.165, 1.54) is 12.8 Å². The molecule has 212 valence electrons. The molecule has 2 saturated carbocycles. The molecule has 0 unspecified atom stereocenters. The number of thiazole rings is 1. The van der Waals surface area contributed by atoms with Crippen LogP contribution in [0.3, 0.4) is 0 Å². The summed E-state index contributed by atoms with van der Waals surface area (Å²) < 4.78 is 26.7. The Morgan fingerprint density at radius 2 is 1.95 bits per heavy atom. The summed E-state index contributed by atoms with van der Waals surface area (Å²) in [5.74, 6) is 1.17. The van der Waals surface area contributed by atoms with Crippen LogP contribution in [0.2, 0.25) is 0 Å². The van der Waals surface area contributed by atoms with E-state index in [4.69, 9.17) is 15.0 Å². The van der Waals surface area contributed by atoms with E-state index in [2.05, 4.69) is 34.2 Å². The van der Waals surface area contributed by atoms with Gasteiger partial charge in [-0.05, 0) is 51.5 Å². The van der Waals surface area contributed by atoms with E-state index in [0.29, 0.717) is 24.1 Å². The van der Waals surface area contributed by atoms with E-state index in [-0.39, 0.29) is 12.6 Å². The summed E-state index contributed by atoms with van der Waals surface area (Å²) in [7, 11) is -3.42. The van der Waals surface area contributed by atoms with Crippen molar-refractivity contribution in [3.63, 3.8) is 0 Å². The van der Waals surface area contributed by atoms with Gasteiger partial charge in [-0.25, -0.2) is 23.1 Å². The fraction of sp³-hybridized carbons (Fsp3) is 0.615. The van der Waals surface area contributed by atoms with Crippen LogP contribution in [0.1, 0.15) is 50.9 Å². The summed E-state index contributed by atoms with van der Waals surface area (Å²) in [6, 6.07) is 1.65. The minimum atomic E-state index is -3.42. The quantitative estimate of drug-likeness (QED) is 0.230. The molecule has 3 aromatic rings. The molecular formula is C26H37N7O4S2. The van der Waals surface area contributed by atoms with Crippen LogP contribution in [-0.2, 0) is 16.4 Å². The minimum absolute atomic E-state index is 0.0433. The molecule has 5 N–H and O–H groups in total. The monoisotopic (exact) mass is 575 g/mol. The van der Waals surface area contributed by atoms with Gasteiger partial charge in [-0.2, -0.15) is 4.98 Å². The molecule has 0 saturated heterocycles. The van der Waals surface area contributed by atoms with Gasteiger partial charge < -0.3 is 20.8 Å². The van der Waals surface area contributed by atoms with Crippen molar-refractivity contribution >= 4 is 43.3 Å². The lowest BCUT2D eigenvalue weighted by Gasteiger charge is -2.22. The van der Waals surface area contributed by atoms with Crippen LogP contribution in [-0.4, -0.2) is 75.7 Å². The molecule has 2 aliphatic rings. The summed E-state index contributed by atoms with van der Waals surface area (Å²) >= 11 is 1.54. The van der Waals surface area contributed by atoms with Crippen LogP contribution < -0.4 is 15.4 Å². The van der Waals surface area contributed by atoms with Gasteiger partial charge in [0.1, 0.15) is 22.4 Å². The topological polar surface area (TPSA) is 162 Å². The zero-order valence-electron chi connectivity index (χ0n) is 22.7. The number of hydrogen-bond acceptors (Lipinski definition) is 11. The second-order valence-corrected chi connectivity index (χ2v) is 13.7. The average molecular weight is 576 g/mol. The zero-order chi connectivity index (χ0) is 27.9. The summed E-state index contributed by atoms with van der Waals surface area (Å²) in [4.78, 5) is 19.1. The molecule has 2 aliphatic carbocycles. The third-order valence-electron chi connectivity index (χ3n) is 7.59. The normalized spacial score (nSPS) is 24.3. The number of aliphatic hydroxyl groups excluding tert-OH is 2. The van der Waals surface area contributed by atoms with Gasteiger partial charge in [-0.1, -0.05) is 13.3 Å². The highest BCUT2D eigenvalue weighted by Crippen LogP contribution is 2.39. The maximum atomic E-state index is 11.6. The van der Waals surface area contributed by atoms with Gasteiger partial charge in [-0.15, -0.1) is 11.3 Å². The lowest BCUT2D eigenvalue weighted by molar-refractivity contribution is 0.0185. The number of fused-ring (bicyclic) bond motifs is 1. The number of aliphatic hydroxyl groups is 2. The third kappa shape index (κ3) is 6.32. The molecule has 5 atom stereocenters. The Morgan fingerprint density at radius 3 is 2.64 bits per heavy atom. The number of hydrogen-bond donors (Lipinski definition) is 5. The van der Waals surface area contributed by atoms with Crippen molar-refractivity contribution in [2.75, 3.05) is 23.4 Å². The number of sulfonamides is 1. The smallest absolute Gasteiger partial charge is 0.225 e. The summed E-state index contributed by atoms with van der Waals surface area (Å²) in [5, 5.41) is 29.1. The van der Waals surface area contributed by atoms with Crippen LogP contribution >= 0.6 is 11.3 Å². The fourth-order valence-electron chi connectivity index (χ4n) is 5.25. The molecular weight excluding hydrogens is 538 g/mol. The SMILES string of the molecule is CCCc1nccc2sc(-c3c(C)nc(N[C@H](C)C4CC4)nc3N[C@@H]3C[C@H](CNS(C)(=O)=O)[C@@H](O)[C@H]3O)nc12. The molecule has 2 fully saturated rings. The number of rotatable bonds is 11. The lowest BCUT2D eigenvalue weighted by Crippen LogP contribution is -2.37. The van der Waals surface area contributed by atoms with Crippen molar-refractivity contribution in [3.05, 3.63) is 23.7 Å². The summed E-state index contributed by atoms with van der Waals surface area (Å²) in [6.07, 6.45) is 5.23. The molecule has 3 heterocycles. The first-order valence-corrected chi connectivity index (χ1v) is 16.2.